The summed E-state index contributed by atoms with van der Waals surface area (Å²) in [7, 11) is 0. The Balaban J connectivity index is 0. The van der Waals surface area contributed by atoms with Gasteiger partial charge in [-0.05, 0) is 44.3 Å². The molecule has 3 nitrogen and oxygen atoms in total. The molecule has 0 aliphatic heterocycles. The Morgan fingerprint density at radius 1 is 0.821 bits per heavy atom. The van der Waals surface area contributed by atoms with Crippen LogP contribution in [0, 0.1) is 0 Å². The van der Waals surface area contributed by atoms with Crippen LogP contribution in [0.2, 0.25) is 0 Å². The van der Waals surface area contributed by atoms with E-state index >= 15 is 0 Å². The smallest absolute Gasteiger partial charge is 0.303 e. The topological polar surface area (TPSA) is 54.4 Å². The second-order valence-corrected chi connectivity index (χ2v) is 8.78. The van der Waals surface area contributed by atoms with Crippen molar-refractivity contribution in [3.8, 4) is 0 Å². The monoisotopic (exact) mass is 414 g/mol. The third kappa shape index (κ3) is 27.4. The average Bonchev–Trinajstić information content (AvgIpc) is 2.69. The van der Waals surface area contributed by atoms with Gasteiger partial charge in [0, 0.05) is 6.42 Å². The highest BCUT2D eigenvalue weighted by atomic mass is 32.2. The van der Waals surface area contributed by atoms with E-state index in [2.05, 4.69) is 26.0 Å². The number of allylic oxidation sites excluding steroid dienone is 2. The van der Waals surface area contributed by atoms with Crippen molar-refractivity contribution in [3.63, 3.8) is 0 Å². The van der Waals surface area contributed by atoms with Crippen LogP contribution in [0.3, 0.4) is 0 Å². The molecule has 166 valence electrons. The second kappa shape index (κ2) is 26.2. The van der Waals surface area contributed by atoms with Gasteiger partial charge in [0.05, 0.1) is 5.25 Å². The lowest BCUT2D eigenvalue weighted by Gasteiger charge is -2.01. The molecule has 0 amide bonds. The Kier molecular flexibility index (Phi) is 27.6. The van der Waals surface area contributed by atoms with Crippen LogP contribution in [0.4, 0.5) is 0 Å². The van der Waals surface area contributed by atoms with E-state index < -0.39 is 5.97 Å². The molecule has 0 bridgehead atoms. The first-order valence-corrected chi connectivity index (χ1v) is 12.6. The molecule has 0 fully saturated rings. The predicted octanol–water partition coefficient (Wildman–Crippen LogP) is 7.83. The number of unbranched alkanes of at least 4 members (excludes halogenated alkanes) is 11. The first-order valence-electron chi connectivity index (χ1n) is 11.6. The van der Waals surface area contributed by atoms with Gasteiger partial charge in [-0.15, -0.1) is 0 Å². The minimum absolute atomic E-state index is 0.236. The molecule has 0 radical (unpaired) electrons. The van der Waals surface area contributed by atoms with Crippen molar-refractivity contribution < 1.29 is 14.7 Å². The summed E-state index contributed by atoms with van der Waals surface area (Å²) in [6.45, 7) is 6.35. The van der Waals surface area contributed by atoms with Crippen LogP contribution in [-0.2, 0) is 9.59 Å². The lowest BCUT2D eigenvalue weighted by Crippen LogP contribution is -2.01. The summed E-state index contributed by atoms with van der Waals surface area (Å²) < 4.78 is 0. The highest BCUT2D eigenvalue weighted by Crippen LogP contribution is 2.10. The first-order chi connectivity index (χ1) is 13.6. The van der Waals surface area contributed by atoms with E-state index in [1.807, 2.05) is 6.92 Å². The van der Waals surface area contributed by atoms with Crippen molar-refractivity contribution in [2.45, 2.75) is 122 Å². The highest BCUT2D eigenvalue weighted by molar-refractivity contribution is 8.00. The summed E-state index contributed by atoms with van der Waals surface area (Å²) in [4.78, 5) is 20.4. The molecule has 0 heterocycles. The van der Waals surface area contributed by atoms with Crippen LogP contribution in [-0.4, -0.2) is 28.4 Å². The van der Waals surface area contributed by atoms with Crippen molar-refractivity contribution in [3.05, 3.63) is 12.2 Å². The Hall–Kier alpha value is -0.770. The van der Waals surface area contributed by atoms with Gasteiger partial charge in [0.1, 0.15) is 6.29 Å². The molecule has 0 spiro atoms. The minimum atomic E-state index is -0.664. The fraction of sp³-hybridized carbons (Fsp3) is 0.833. The molecule has 0 aliphatic rings. The molecule has 0 aromatic rings. The number of carboxylic acids is 1. The molecule has 0 saturated heterocycles. The molecule has 1 unspecified atom stereocenters. The van der Waals surface area contributed by atoms with Gasteiger partial charge in [-0.1, -0.05) is 84.3 Å². The third-order valence-electron chi connectivity index (χ3n) is 4.59. The number of carbonyl (C=O) groups is 2. The number of aliphatic carboxylic acids is 1. The lowest BCUT2D eigenvalue weighted by atomic mass is 10.1. The number of carboxylic acid groups (broad SMARTS) is 1. The number of thioether (sulfide) groups is 1. The van der Waals surface area contributed by atoms with E-state index in [4.69, 9.17) is 5.11 Å². The fourth-order valence-electron chi connectivity index (χ4n) is 2.81. The maximum Gasteiger partial charge on any atom is 0.303 e. The fourth-order valence-corrected chi connectivity index (χ4v) is 3.56. The van der Waals surface area contributed by atoms with Crippen molar-refractivity contribution in [2.75, 3.05) is 5.75 Å². The van der Waals surface area contributed by atoms with Crippen LogP contribution in [0.5, 0.6) is 0 Å². The molecule has 4 heteroatoms. The van der Waals surface area contributed by atoms with Crippen LogP contribution in [0.1, 0.15) is 117 Å². The van der Waals surface area contributed by atoms with Gasteiger partial charge < -0.3 is 9.90 Å². The molecule has 0 rings (SSSR count). The highest BCUT2D eigenvalue weighted by Gasteiger charge is 2.00. The summed E-state index contributed by atoms with van der Waals surface area (Å²) >= 11 is 1.71. The summed E-state index contributed by atoms with van der Waals surface area (Å²) in [5, 5.41) is 8.74. The summed E-state index contributed by atoms with van der Waals surface area (Å²) in [6.07, 6.45) is 23.2. The van der Waals surface area contributed by atoms with Crippen LogP contribution >= 0.6 is 11.8 Å². The Morgan fingerprint density at radius 3 is 1.71 bits per heavy atom. The summed E-state index contributed by atoms with van der Waals surface area (Å²) in [5.41, 5.74) is 0. The zero-order chi connectivity index (χ0) is 21.3. The van der Waals surface area contributed by atoms with Gasteiger partial charge in [0.2, 0.25) is 0 Å². The SMILES string of the molecule is CCCCCCCCC=CCCCCCCCC(=O)O.CCSC(C=O)CC. The largest absolute Gasteiger partial charge is 0.481 e. The van der Waals surface area contributed by atoms with E-state index in [0.29, 0.717) is 6.42 Å². The second-order valence-electron chi connectivity index (χ2n) is 7.27. The number of rotatable bonds is 19. The van der Waals surface area contributed by atoms with Gasteiger partial charge in [-0.2, -0.15) is 11.8 Å². The number of hydrogen-bond acceptors (Lipinski definition) is 3. The van der Waals surface area contributed by atoms with Crippen molar-refractivity contribution in [1.29, 1.82) is 0 Å². The molecule has 1 atom stereocenters. The van der Waals surface area contributed by atoms with Gasteiger partial charge in [0.15, 0.2) is 0 Å². The average molecular weight is 415 g/mol. The van der Waals surface area contributed by atoms with Gasteiger partial charge >= 0.3 is 5.97 Å². The van der Waals surface area contributed by atoms with Crippen LogP contribution in [0.15, 0.2) is 12.2 Å². The Labute approximate surface area is 179 Å². The maximum atomic E-state index is 10.3. The van der Waals surface area contributed by atoms with E-state index in [1.54, 1.807) is 11.8 Å². The van der Waals surface area contributed by atoms with Crippen molar-refractivity contribution in [2.24, 2.45) is 0 Å². The lowest BCUT2D eigenvalue weighted by molar-refractivity contribution is -0.137. The summed E-state index contributed by atoms with van der Waals surface area (Å²) in [6, 6.07) is 0. The molecule has 0 aromatic carbocycles. The molecular formula is C24H46O3S. The quantitative estimate of drug-likeness (QED) is 0.133. The first kappa shape index (κ1) is 29.4. The van der Waals surface area contributed by atoms with E-state index in [9.17, 15) is 9.59 Å². The van der Waals surface area contributed by atoms with Crippen LogP contribution < -0.4 is 0 Å². The zero-order valence-corrected chi connectivity index (χ0v) is 19.6. The van der Waals surface area contributed by atoms with E-state index in [-0.39, 0.29) is 5.25 Å². The molecule has 1 N–H and O–H groups in total. The van der Waals surface area contributed by atoms with E-state index in [1.165, 1.54) is 70.6 Å². The van der Waals surface area contributed by atoms with Crippen molar-refractivity contribution in [1.82, 2.24) is 0 Å². The van der Waals surface area contributed by atoms with Gasteiger partial charge in [0.25, 0.3) is 0 Å². The standard InChI is InChI=1S/C18H34O2.C6H12OS/c1-2-3-4-5-6-7-8-9-10-11-12-13-14-15-16-17-18(19)20;1-3-6(5-7)8-4-2/h9-10H,2-8,11-17H2,1H3,(H,19,20);5-6H,3-4H2,1-2H3. The molecule has 28 heavy (non-hydrogen) atoms. The van der Waals surface area contributed by atoms with Gasteiger partial charge in [-0.25, -0.2) is 0 Å². The predicted molar refractivity (Wildman–Crippen MR) is 125 cm³/mol. The van der Waals surface area contributed by atoms with Crippen LogP contribution in [0.25, 0.3) is 0 Å². The number of aldehydes is 1. The normalized spacial score (nSPS) is 11.8. The number of carbonyl (C=O) groups excluding carboxylic acids is 1. The van der Waals surface area contributed by atoms with Gasteiger partial charge in [-0.3, -0.25) is 4.79 Å². The molecule has 0 aromatic heterocycles. The molecule has 0 saturated carbocycles. The Morgan fingerprint density at radius 2 is 1.32 bits per heavy atom. The maximum absolute atomic E-state index is 10.3. The molecule has 0 aliphatic carbocycles. The summed E-state index contributed by atoms with van der Waals surface area (Å²) in [5.74, 6) is 0.375. The molecular weight excluding hydrogens is 368 g/mol. The van der Waals surface area contributed by atoms with E-state index in [0.717, 1.165) is 31.3 Å². The third-order valence-corrected chi connectivity index (χ3v) is 5.79. The number of hydrogen-bond donors (Lipinski definition) is 1. The zero-order valence-electron chi connectivity index (χ0n) is 18.8. The van der Waals surface area contributed by atoms with Crippen molar-refractivity contribution >= 4 is 24.0 Å². The Bertz CT molecular complexity index is 356. The minimum Gasteiger partial charge on any atom is -0.481 e.